The highest BCUT2D eigenvalue weighted by Crippen LogP contribution is 2.15. The van der Waals surface area contributed by atoms with Gasteiger partial charge in [-0.2, -0.15) is 0 Å². The van der Waals surface area contributed by atoms with Gasteiger partial charge >= 0.3 is 5.97 Å². The van der Waals surface area contributed by atoms with Gasteiger partial charge in [-0.1, -0.05) is 122 Å². The molecule has 0 spiro atoms. The largest absolute Gasteiger partial charge is 0.481 e. The molecule has 32 heteroatoms. The Labute approximate surface area is 496 Å². The average molecular weight is 1260 g/mol. The molecule has 32 nitrogen and oxygen atoms in total. The molecule has 0 aliphatic heterocycles. The predicted molar refractivity (Wildman–Crippen MR) is 307 cm³/mol. The molecule has 0 atom stereocenters. The fourth-order valence-corrected chi connectivity index (χ4v) is 3.93. The van der Waals surface area contributed by atoms with Crippen molar-refractivity contribution in [2.24, 2.45) is 0 Å². The van der Waals surface area contributed by atoms with Gasteiger partial charge in [-0.25, -0.2) is 0 Å². The van der Waals surface area contributed by atoms with Gasteiger partial charge in [0.25, 0.3) is 0 Å². The molecule has 0 aliphatic rings. The molecule has 0 aliphatic carbocycles. The molecule has 0 aromatic carbocycles. The number of aliphatic hydroxyl groups is 30. The van der Waals surface area contributed by atoms with E-state index < -0.39 is 67.0 Å². The van der Waals surface area contributed by atoms with Crippen LogP contribution in [-0.4, -0.2) is 357 Å². The minimum atomic E-state index is -0.954. The fourth-order valence-electron chi connectivity index (χ4n) is 3.93. The Morgan fingerprint density at radius 3 is 0.369 bits per heavy atom. The number of aliphatic carboxylic acids is 1. The predicted octanol–water partition coefficient (Wildman–Crippen LogP) is -8.79. The van der Waals surface area contributed by atoms with Crippen molar-refractivity contribution in [2.75, 3.05) is 132 Å². The van der Waals surface area contributed by atoms with Crippen molar-refractivity contribution in [3.63, 3.8) is 0 Å². The molecule has 31 N–H and O–H groups in total. The van der Waals surface area contributed by atoms with E-state index in [4.69, 9.17) is 158 Å². The highest BCUT2D eigenvalue weighted by Gasteiger charge is 2.01. The van der Waals surface area contributed by atoms with Crippen molar-refractivity contribution in [2.45, 2.75) is 196 Å². The lowest BCUT2D eigenvalue weighted by Gasteiger charge is -2.03. The van der Waals surface area contributed by atoms with Crippen LogP contribution in [0.25, 0.3) is 0 Å². The highest BCUT2D eigenvalue weighted by atomic mass is 16.4. The number of aliphatic hydroxyl groups excluding tert-OH is 30. The quantitative estimate of drug-likeness (QED) is 0.0253. The summed E-state index contributed by atoms with van der Waals surface area (Å²) in [6, 6.07) is 0. The van der Waals surface area contributed by atoms with Crippen molar-refractivity contribution in [1.82, 2.24) is 0 Å². The zero-order valence-corrected chi connectivity index (χ0v) is 49.8. The third-order valence-electron chi connectivity index (χ3n) is 9.21. The SMILES string of the molecule is CCCCCCCCCCCCCCCCCCCCCC(=O)O.OCC(O)CO.OCC(O)CO.OCC(O)CO.OCC(O)CO.OCC(O)CO.OCC(O)CO.OCC(O)CO.OCC(O)CO.OCC(O)CO.OCC(O)CO. The van der Waals surface area contributed by atoms with Crippen LogP contribution in [0, 0.1) is 0 Å². The second-order valence-corrected chi connectivity index (χ2v) is 17.7. The van der Waals surface area contributed by atoms with Crippen LogP contribution < -0.4 is 0 Å². The van der Waals surface area contributed by atoms with Crippen molar-refractivity contribution < 1.29 is 163 Å². The smallest absolute Gasteiger partial charge is 0.303 e. The Bertz CT molecular complexity index is 820. The Balaban J connectivity index is -0.0000000831. The van der Waals surface area contributed by atoms with Crippen LogP contribution in [0.3, 0.4) is 0 Å². The second-order valence-electron chi connectivity index (χ2n) is 17.7. The number of hydrogen-bond acceptors (Lipinski definition) is 31. The summed E-state index contributed by atoms with van der Waals surface area (Å²) in [5.74, 6) is -0.651. The molecule has 524 valence electrons. The monoisotopic (exact) mass is 1260 g/mol. The van der Waals surface area contributed by atoms with Gasteiger partial charge < -0.3 is 158 Å². The van der Waals surface area contributed by atoms with Crippen LogP contribution in [0.5, 0.6) is 0 Å². The summed E-state index contributed by atoms with van der Waals surface area (Å²) < 4.78 is 0. The van der Waals surface area contributed by atoms with Crippen molar-refractivity contribution in [1.29, 1.82) is 0 Å². The number of hydrogen-bond donors (Lipinski definition) is 31. The third kappa shape index (κ3) is 144. The topological polar surface area (TPSA) is 644 Å². The molecule has 0 aromatic heterocycles. The maximum atomic E-state index is 10.4. The number of unbranched alkanes of at least 4 members (excludes halogenated alkanes) is 18. The minimum absolute atomic E-state index is 0.346. The van der Waals surface area contributed by atoms with Crippen LogP contribution in [0.2, 0.25) is 0 Å². The van der Waals surface area contributed by atoms with Crippen LogP contribution in [0.1, 0.15) is 135 Å². The summed E-state index contributed by atoms with van der Waals surface area (Å²) in [7, 11) is 0. The maximum absolute atomic E-state index is 10.4. The molecule has 0 fully saturated rings. The van der Waals surface area contributed by atoms with E-state index >= 15 is 0 Å². The summed E-state index contributed by atoms with van der Waals surface area (Å²) in [6.45, 7) is -5.01. The van der Waals surface area contributed by atoms with E-state index in [0.29, 0.717) is 6.42 Å². The van der Waals surface area contributed by atoms with Gasteiger partial charge in [0.1, 0.15) is 61.0 Å². The first kappa shape index (κ1) is 107. The normalized spacial score (nSPS) is 10.3. The van der Waals surface area contributed by atoms with Crippen molar-refractivity contribution in [3.8, 4) is 0 Å². The number of carboxylic acids is 1. The molecular formula is C52H124O32. The molecule has 0 aromatic rings. The molecular weight excluding hydrogens is 1140 g/mol. The standard InChI is InChI=1S/C22H44O2.10C3H8O3/c1-2-3-4-5-6-7-8-9-10-11-12-13-14-15-16-17-18-19-20-21-22(23)24;10*4-1-3(6)2-5/h2-21H2,1H3,(H,23,24);10*3-6H,1-2H2. The first-order valence-electron chi connectivity index (χ1n) is 28.1. The molecule has 84 heavy (non-hydrogen) atoms. The van der Waals surface area contributed by atoms with Crippen LogP contribution in [-0.2, 0) is 4.79 Å². The van der Waals surface area contributed by atoms with Gasteiger partial charge in [0, 0.05) is 6.42 Å². The molecule has 0 radical (unpaired) electrons. The molecule has 0 rings (SSSR count). The van der Waals surface area contributed by atoms with E-state index in [2.05, 4.69) is 6.92 Å². The molecule has 0 heterocycles. The third-order valence-corrected chi connectivity index (χ3v) is 9.21. The van der Waals surface area contributed by atoms with Gasteiger partial charge in [-0.05, 0) is 6.42 Å². The lowest BCUT2D eigenvalue weighted by molar-refractivity contribution is -0.137. The average Bonchev–Trinajstić information content (AvgIpc) is 3.54. The minimum Gasteiger partial charge on any atom is -0.481 e. The van der Waals surface area contributed by atoms with E-state index in [0.717, 1.165) is 12.8 Å². The van der Waals surface area contributed by atoms with Crippen molar-refractivity contribution >= 4 is 5.97 Å². The van der Waals surface area contributed by atoms with E-state index in [9.17, 15) is 4.79 Å². The molecule has 0 unspecified atom stereocenters. The summed E-state index contributed by atoms with van der Waals surface area (Å²) in [4.78, 5) is 10.4. The number of carbonyl (C=O) groups is 1. The van der Waals surface area contributed by atoms with Crippen LogP contribution >= 0.6 is 0 Å². The summed E-state index contributed by atoms with van der Waals surface area (Å²) in [5, 5.41) is 249. The van der Waals surface area contributed by atoms with Gasteiger partial charge in [-0.15, -0.1) is 0 Å². The molecule has 0 saturated carbocycles. The molecule has 0 saturated heterocycles. The maximum Gasteiger partial charge on any atom is 0.303 e. The second kappa shape index (κ2) is 103. The Morgan fingerprint density at radius 2 is 0.298 bits per heavy atom. The Kier molecular flexibility index (Phi) is 131. The van der Waals surface area contributed by atoms with Gasteiger partial charge in [-0.3, -0.25) is 4.79 Å². The zero-order chi connectivity index (χ0) is 67.6. The Morgan fingerprint density at radius 1 is 0.202 bits per heavy atom. The van der Waals surface area contributed by atoms with Gasteiger partial charge in [0.2, 0.25) is 0 Å². The van der Waals surface area contributed by atoms with Gasteiger partial charge in [0.05, 0.1) is 132 Å². The van der Waals surface area contributed by atoms with Crippen molar-refractivity contribution in [3.05, 3.63) is 0 Å². The zero-order valence-electron chi connectivity index (χ0n) is 49.8. The number of rotatable bonds is 40. The summed E-state index contributed by atoms with van der Waals surface area (Å²) in [6.07, 6.45) is 16.6. The highest BCUT2D eigenvalue weighted by molar-refractivity contribution is 5.66. The van der Waals surface area contributed by atoms with E-state index in [1.165, 1.54) is 109 Å². The number of carboxylic acid groups (broad SMARTS) is 1. The van der Waals surface area contributed by atoms with E-state index in [-0.39, 0.29) is 132 Å². The first-order valence-corrected chi connectivity index (χ1v) is 28.1. The summed E-state index contributed by atoms with van der Waals surface area (Å²) >= 11 is 0. The van der Waals surface area contributed by atoms with E-state index in [1.807, 2.05) is 0 Å². The fraction of sp³-hybridized carbons (Fsp3) is 0.981. The van der Waals surface area contributed by atoms with Gasteiger partial charge in [0.15, 0.2) is 0 Å². The molecule has 0 amide bonds. The summed E-state index contributed by atoms with van der Waals surface area (Å²) in [5.41, 5.74) is 0. The van der Waals surface area contributed by atoms with Crippen LogP contribution in [0.4, 0.5) is 0 Å². The van der Waals surface area contributed by atoms with E-state index in [1.54, 1.807) is 0 Å². The lowest BCUT2D eigenvalue weighted by atomic mass is 10.0. The Hall–Kier alpha value is -1.73. The van der Waals surface area contributed by atoms with Crippen LogP contribution in [0.15, 0.2) is 0 Å². The first-order chi connectivity index (χ1) is 39.9. The lowest BCUT2D eigenvalue weighted by Crippen LogP contribution is -2.15. The molecule has 0 bridgehead atoms.